The molecule has 0 saturated heterocycles. The summed E-state index contributed by atoms with van der Waals surface area (Å²) in [6, 6.07) is 21.2. The third-order valence-corrected chi connectivity index (χ3v) is 5.69. The second-order valence-electron chi connectivity index (χ2n) is 7.36. The standard InChI is InChI=1S/C26H29N5O2S.ClH/c27-20-31-26(29-14-4-7-21-8-10-23(32)11-9-21)30-15-16-34-19-25-13-12-24(33-25)18-28-17-22-5-2-1-3-6-22;/h1-13,28,32H,14-19H2,(H2,29,30,31);1H/b7-4+;. The summed E-state index contributed by atoms with van der Waals surface area (Å²) in [5.74, 6) is 4.19. The van der Waals surface area contributed by atoms with Gasteiger partial charge in [-0.05, 0) is 35.4 Å². The van der Waals surface area contributed by atoms with Crippen molar-refractivity contribution in [2.24, 2.45) is 4.99 Å². The lowest BCUT2D eigenvalue weighted by Crippen LogP contribution is -2.36. The van der Waals surface area contributed by atoms with Crippen LogP contribution in [0.4, 0.5) is 0 Å². The van der Waals surface area contributed by atoms with Crippen molar-refractivity contribution >= 4 is 36.2 Å². The minimum atomic E-state index is 0. The molecule has 1 aromatic heterocycles. The highest BCUT2D eigenvalue weighted by Crippen LogP contribution is 2.15. The predicted octanol–water partition coefficient (Wildman–Crippen LogP) is 4.66. The molecule has 0 bridgehead atoms. The van der Waals surface area contributed by atoms with Gasteiger partial charge in [-0.1, -0.05) is 54.6 Å². The average molecular weight is 512 g/mol. The number of hydrogen-bond acceptors (Lipinski definition) is 6. The number of thioether (sulfide) groups is 1. The summed E-state index contributed by atoms with van der Waals surface area (Å²) in [7, 11) is 0. The summed E-state index contributed by atoms with van der Waals surface area (Å²) in [6.45, 7) is 2.61. The number of halogens is 1. The Morgan fingerprint density at radius 3 is 2.57 bits per heavy atom. The largest absolute Gasteiger partial charge is 0.508 e. The van der Waals surface area contributed by atoms with Gasteiger partial charge in [0.1, 0.15) is 17.3 Å². The van der Waals surface area contributed by atoms with Crippen LogP contribution in [0.2, 0.25) is 0 Å². The molecule has 0 aliphatic rings. The molecule has 0 fully saturated rings. The van der Waals surface area contributed by atoms with Crippen molar-refractivity contribution in [1.29, 1.82) is 5.26 Å². The second kappa shape index (κ2) is 16.3. The normalized spacial score (nSPS) is 11.1. The van der Waals surface area contributed by atoms with E-state index in [4.69, 9.17) is 9.68 Å². The fourth-order valence-electron chi connectivity index (χ4n) is 3.05. The highest BCUT2D eigenvalue weighted by atomic mass is 35.5. The minimum absolute atomic E-state index is 0. The topological polar surface area (TPSA) is 106 Å². The molecule has 3 aromatic rings. The van der Waals surface area contributed by atoms with E-state index in [1.165, 1.54) is 5.56 Å². The average Bonchev–Trinajstić information content (AvgIpc) is 3.31. The lowest BCUT2D eigenvalue weighted by Gasteiger charge is -2.07. The number of aromatic hydroxyl groups is 1. The molecule has 9 heteroatoms. The molecule has 184 valence electrons. The van der Waals surface area contributed by atoms with E-state index in [-0.39, 0.29) is 18.2 Å². The van der Waals surface area contributed by atoms with Crippen LogP contribution in [-0.4, -0.2) is 29.9 Å². The number of furan rings is 1. The van der Waals surface area contributed by atoms with E-state index < -0.39 is 0 Å². The van der Waals surface area contributed by atoms with Gasteiger partial charge in [-0.2, -0.15) is 17.0 Å². The Kier molecular flexibility index (Phi) is 13.0. The maximum Gasteiger partial charge on any atom is 0.205 e. The molecular weight excluding hydrogens is 482 g/mol. The fourth-order valence-corrected chi connectivity index (χ4v) is 3.79. The first kappa shape index (κ1) is 27.9. The van der Waals surface area contributed by atoms with Crippen molar-refractivity contribution in [3.63, 3.8) is 0 Å². The van der Waals surface area contributed by atoms with Gasteiger partial charge in [0.15, 0.2) is 6.19 Å². The van der Waals surface area contributed by atoms with E-state index in [0.717, 1.165) is 35.1 Å². The van der Waals surface area contributed by atoms with Crippen LogP contribution < -0.4 is 16.0 Å². The van der Waals surface area contributed by atoms with Gasteiger partial charge >= 0.3 is 0 Å². The number of nitriles is 1. The molecule has 3 rings (SSSR count). The molecule has 0 atom stereocenters. The second-order valence-corrected chi connectivity index (χ2v) is 8.46. The van der Waals surface area contributed by atoms with Crippen LogP contribution in [0.1, 0.15) is 22.6 Å². The number of nitrogens with one attached hydrogen (secondary N) is 3. The van der Waals surface area contributed by atoms with Gasteiger partial charge in [-0.25, -0.2) is 4.99 Å². The smallest absolute Gasteiger partial charge is 0.205 e. The van der Waals surface area contributed by atoms with E-state index in [0.29, 0.717) is 25.6 Å². The van der Waals surface area contributed by atoms with Crippen molar-refractivity contribution in [2.75, 3.05) is 18.8 Å². The molecule has 35 heavy (non-hydrogen) atoms. The lowest BCUT2D eigenvalue weighted by molar-refractivity contribution is 0.459. The van der Waals surface area contributed by atoms with Gasteiger partial charge in [0.25, 0.3) is 0 Å². The first-order chi connectivity index (χ1) is 16.7. The van der Waals surface area contributed by atoms with Crippen molar-refractivity contribution in [3.8, 4) is 11.9 Å². The van der Waals surface area contributed by atoms with Crippen LogP contribution in [0.3, 0.4) is 0 Å². The van der Waals surface area contributed by atoms with E-state index in [1.54, 1.807) is 23.9 Å². The fraction of sp³-hybridized carbons (Fsp3) is 0.231. The highest BCUT2D eigenvalue weighted by molar-refractivity contribution is 7.98. The maximum atomic E-state index is 9.31. The summed E-state index contributed by atoms with van der Waals surface area (Å²) in [5, 5.41) is 27.4. The molecule has 0 unspecified atom stereocenters. The number of phenolic OH excluding ortho intramolecular Hbond substituents is 1. The third-order valence-electron chi connectivity index (χ3n) is 4.70. The molecule has 0 aliphatic carbocycles. The summed E-state index contributed by atoms with van der Waals surface area (Å²) in [6.07, 6.45) is 5.71. The summed E-state index contributed by atoms with van der Waals surface area (Å²) >= 11 is 1.75. The van der Waals surface area contributed by atoms with E-state index in [9.17, 15) is 5.11 Å². The molecular formula is C26H30ClN5O2S. The Bertz CT molecular complexity index is 1090. The van der Waals surface area contributed by atoms with Gasteiger partial charge in [0, 0.05) is 18.8 Å². The first-order valence-corrected chi connectivity index (χ1v) is 12.2. The molecule has 1 heterocycles. The van der Waals surface area contributed by atoms with Crippen molar-refractivity contribution < 1.29 is 9.52 Å². The van der Waals surface area contributed by atoms with Gasteiger partial charge in [-0.3, -0.25) is 5.32 Å². The molecule has 0 radical (unpaired) electrons. The Hall–Kier alpha value is -3.38. The van der Waals surface area contributed by atoms with E-state index in [2.05, 4.69) is 33.1 Å². The van der Waals surface area contributed by atoms with Gasteiger partial charge in [0.2, 0.25) is 5.96 Å². The Morgan fingerprint density at radius 1 is 1.03 bits per heavy atom. The molecule has 0 amide bonds. The minimum Gasteiger partial charge on any atom is -0.508 e. The van der Waals surface area contributed by atoms with E-state index in [1.807, 2.05) is 60.8 Å². The number of hydrogen-bond donors (Lipinski definition) is 4. The van der Waals surface area contributed by atoms with Crippen molar-refractivity contribution in [2.45, 2.75) is 18.8 Å². The molecule has 0 saturated carbocycles. The van der Waals surface area contributed by atoms with Crippen LogP contribution in [0.25, 0.3) is 6.08 Å². The summed E-state index contributed by atoms with van der Waals surface area (Å²) < 4.78 is 5.89. The van der Waals surface area contributed by atoms with Gasteiger partial charge in [0.05, 0.1) is 18.8 Å². The van der Waals surface area contributed by atoms with Crippen LogP contribution in [-0.2, 0) is 18.8 Å². The number of nitrogens with zero attached hydrogens (tertiary/aromatic N) is 2. The Balaban J connectivity index is 0.00000432. The third kappa shape index (κ3) is 11.1. The molecule has 0 spiro atoms. The number of phenols is 1. The summed E-state index contributed by atoms with van der Waals surface area (Å²) in [5.41, 5.74) is 2.22. The van der Waals surface area contributed by atoms with Gasteiger partial charge < -0.3 is 20.2 Å². The zero-order valence-electron chi connectivity index (χ0n) is 19.3. The number of benzene rings is 2. The Morgan fingerprint density at radius 2 is 1.80 bits per heavy atom. The van der Waals surface area contributed by atoms with Crippen LogP contribution >= 0.6 is 24.2 Å². The maximum absolute atomic E-state index is 9.31. The number of rotatable bonds is 12. The lowest BCUT2D eigenvalue weighted by atomic mass is 10.2. The van der Waals surface area contributed by atoms with Crippen molar-refractivity contribution in [1.82, 2.24) is 16.0 Å². The monoisotopic (exact) mass is 511 g/mol. The Labute approximate surface area is 216 Å². The molecule has 4 N–H and O–H groups in total. The van der Waals surface area contributed by atoms with Gasteiger partial charge in [-0.15, -0.1) is 12.4 Å². The highest BCUT2D eigenvalue weighted by Gasteiger charge is 2.03. The van der Waals surface area contributed by atoms with Crippen LogP contribution in [0.5, 0.6) is 5.75 Å². The predicted molar refractivity (Wildman–Crippen MR) is 145 cm³/mol. The first-order valence-electron chi connectivity index (χ1n) is 11.0. The quantitative estimate of drug-likeness (QED) is 0.0921. The van der Waals surface area contributed by atoms with Crippen LogP contribution in [0, 0.1) is 11.5 Å². The molecule has 2 aromatic carbocycles. The molecule has 0 aliphatic heterocycles. The zero-order valence-corrected chi connectivity index (χ0v) is 20.9. The SMILES string of the molecule is Cl.N#CNC(=NC/C=C/c1ccc(O)cc1)NCCSCc1ccc(CNCc2ccccc2)o1. The van der Waals surface area contributed by atoms with Crippen molar-refractivity contribution in [3.05, 3.63) is 95.5 Å². The summed E-state index contributed by atoms with van der Waals surface area (Å²) in [4.78, 5) is 4.36. The zero-order chi connectivity index (χ0) is 23.8. The van der Waals surface area contributed by atoms with E-state index >= 15 is 0 Å². The molecule has 7 nitrogen and oxygen atoms in total. The number of guanidine groups is 1. The van der Waals surface area contributed by atoms with Crippen LogP contribution in [0.15, 0.2) is 82.2 Å². The number of aliphatic imine (C=N–C) groups is 1.